The largest absolute Gasteiger partial charge is 0.410 e. The van der Waals surface area contributed by atoms with E-state index in [4.69, 9.17) is 0 Å². The Balaban J connectivity index is 1.75. The molecule has 30 heavy (non-hydrogen) atoms. The van der Waals surface area contributed by atoms with Gasteiger partial charge in [0.2, 0.25) is 5.91 Å². The summed E-state index contributed by atoms with van der Waals surface area (Å²) in [4.78, 5) is 25.9. The van der Waals surface area contributed by atoms with E-state index in [2.05, 4.69) is 5.32 Å². The molecule has 0 unspecified atom stereocenters. The van der Waals surface area contributed by atoms with E-state index in [9.17, 15) is 31.5 Å². The van der Waals surface area contributed by atoms with Crippen molar-refractivity contribution in [2.24, 2.45) is 5.92 Å². The summed E-state index contributed by atoms with van der Waals surface area (Å²) in [6.45, 7) is 3.09. The molecule has 168 valence electrons. The topological polar surface area (TPSA) is 61.4 Å². The fourth-order valence-corrected chi connectivity index (χ4v) is 3.17. The molecule has 0 aliphatic carbocycles. The Kier molecular flexibility index (Phi) is 7.79. The number of hydrogen-bond donors (Lipinski definition) is 2. The highest BCUT2D eigenvalue weighted by Gasteiger charge is 2.48. The van der Waals surface area contributed by atoms with Gasteiger partial charge in [-0.25, -0.2) is 8.78 Å². The molecule has 0 saturated carbocycles. The van der Waals surface area contributed by atoms with Gasteiger partial charge >= 0.3 is 6.18 Å². The van der Waals surface area contributed by atoms with E-state index in [-0.39, 0.29) is 23.6 Å². The molecule has 1 saturated heterocycles. The maximum absolute atomic E-state index is 12.9. The van der Waals surface area contributed by atoms with Crippen LogP contribution >= 0.6 is 0 Å². The lowest BCUT2D eigenvalue weighted by molar-refractivity contribution is -0.188. The Morgan fingerprint density at radius 1 is 1.17 bits per heavy atom. The number of likely N-dealkylation sites (tertiary alicyclic amines) is 1. The highest BCUT2D eigenvalue weighted by atomic mass is 19.4. The Hall–Kier alpha value is -2.23. The summed E-state index contributed by atoms with van der Waals surface area (Å²) in [6, 6.07) is 5.28. The monoisotopic (exact) mass is 435 g/mol. The van der Waals surface area contributed by atoms with E-state index in [1.54, 1.807) is 4.90 Å². The first-order valence-electron chi connectivity index (χ1n) is 9.65. The summed E-state index contributed by atoms with van der Waals surface area (Å²) in [6.07, 6.45) is -5.87. The van der Waals surface area contributed by atoms with Crippen molar-refractivity contribution in [3.05, 3.63) is 35.4 Å². The lowest BCUT2D eigenvalue weighted by atomic mass is 9.96. The molecule has 2 N–H and O–H groups in total. The first-order valence-corrected chi connectivity index (χ1v) is 9.65. The van der Waals surface area contributed by atoms with Crippen LogP contribution in [-0.4, -0.2) is 54.6 Å². The van der Waals surface area contributed by atoms with Crippen LogP contribution in [0.3, 0.4) is 0 Å². The van der Waals surface area contributed by atoms with Crippen LogP contribution in [0.25, 0.3) is 0 Å². The first kappa shape index (κ1) is 24.0. The van der Waals surface area contributed by atoms with Crippen LogP contribution in [-0.2, 0) is 4.79 Å². The van der Waals surface area contributed by atoms with Crippen molar-refractivity contribution in [1.82, 2.24) is 15.5 Å². The maximum atomic E-state index is 12.9. The minimum Gasteiger partial charge on any atom is -0.352 e. The molecule has 1 aliphatic heterocycles. The van der Waals surface area contributed by atoms with E-state index in [0.29, 0.717) is 32.5 Å². The van der Waals surface area contributed by atoms with Crippen molar-refractivity contribution in [2.75, 3.05) is 26.2 Å². The van der Waals surface area contributed by atoms with Crippen molar-refractivity contribution in [1.29, 1.82) is 0 Å². The van der Waals surface area contributed by atoms with Gasteiger partial charge in [-0.2, -0.15) is 13.2 Å². The molecule has 0 bridgehead atoms. The lowest BCUT2D eigenvalue weighted by Gasteiger charge is -2.33. The number of benzene rings is 1. The number of carbonyl (C=O) groups is 2. The molecule has 1 fully saturated rings. The SMILES string of the molecule is CC(C)(NC(=O)CN1CCC(CNC(=O)c2cccc(C(F)F)c2)CC1)C(F)(F)F. The molecule has 5 nitrogen and oxygen atoms in total. The smallest absolute Gasteiger partial charge is 0.352 e. The summed E-state index contributed by atoms with van der Waals surface area (Å²) in [5.41, 5.74) is -2.36. The molecule has 1 aromatic rings. The minimum atomic E-state index is -4.54. The zero-order chi connectivity index (χ0) is 22.5. The molecular weight excluding hydrogens is 409 g/mol. The predicted molar refractivity (Wildman–Crippen MR) is 101 cm³/mol. The van der Waals surface area contributed by atoms with Gasteiger partial charge in [-0.3, -0.25) is 14.5 Å². The van der Waals surface area contributed by atoms with Gasteiger partial charge in [0, 0.05) is 17.7 Å². The van der Waals surface area contributed by atoms with E-state index in [0.717, 1.165) is 19.9 Å². The fraction of sp³-hybridized carbons (Fsp3) is 0.600. The van der Waals surface area contributed by atoms with Gasteiger partial charge in [-0.05, 0) is 57.8 Å². The molecule has 0 aromatic heterocycles. The van der Waals surface area contributed by atoms with Gasteiger partial charge in [0.1, 0.15) is 5.54 Å². The number of alkyl halides is 5. The summed E-state index contributed by atoms with van der Waals surface area (Å²) in [5, 5.41) is 4.74. The van der Waals surface area contributed by atoms with Crippen molar-refractivity contribution in [2.45, 2.75) is 44.8 Å². The second-order valence-corrected chi connectivity index (χ2v) is 8.03. The van der Waals surface area contributed by atoms with Crippen LogP contribution < -0.4 is 10.6 Å². The van der Waals surface area contributed by atoms with Crippen LogP contribution in [0.2, 0.25) is 0 Å². The number of amides is 2. The first-order chi connectivity index (χ1) is 13.9. The Morgan fingerprint density at radius 3 is 2.37 bits per heavy atom. The zero-order valence-electron chi connectivity index (χ0n) is 16.9. The highest BCUT2D eigenvalue weighted by molar-refractivity contribution is 5.94. The van der Waals surface area contributed by atoms with Crippen molar-refractivity contribution < 1.29 is 31.5 Å². The van der Waals surface area contributed by atoms with Crippen LogP contribution in [0, 0.1) is 5.92 Å². The quantitative estimate of drug-likeness (QED) is 0.645. The van der Waals surface area contributed by atoms with Gasteiger partial charge < -0.3 is 10.6 Å². The molecule has 0 spiro atoms. The number of carbonyl (C=O) groups excluding carboxylic acids is 2. The zero-order valence-corrected chi connectivity index (χ0v) is 16.9. The number of hydrogen-bond acceptors (Lipinski definition) is 3. The third-order valence-electron chi connectivity index (χ3n) is 5.19. The number of nitrogens with one attached hydrogen (secondary N) is 2. The molecule has 10 heteroatoms. The van der Waals surface area contributed by atoms with E-state index >= 15 is 0 Å². The normalized spacial score (nSPS) is 16.5. The summed E-state index contributed by atoms with van der Waals surface area (Å²) >= 11 is 0. The van der Waals surface area contributed by atoms with Crippen molar-refractivity contribution in [3.63, 3.8) is 0 Å². The van der Waals surface area contributed by atoms with E-state index < -0.39 is 30.0 Å². The minimum absolute atomic E-state index is 0.126. The van der Waals surface area contributed by atoms with E-state index in [1.807, 2.05) is 5.32 Å². The maximum Gasteiger partial charge on any atom is 0.410 e. The number of nitrogens with zero attached hydrogens (tertiary/aromatic N) is 1. The summed E-state index contributed by atoms with van der Waals surface area (Å²) in [5.74, 6) is -0.991. The van der Waals surface area contributed by atoms with Gasteiger partial charge in [0.15, 0.2) is 0 Å². The lowest BCUT2D eigenvalue weighted by Crippen LogP contribution is -2.56. The molecule has 2 rings (SSSR count). The molecule has 2 amide bonds. The predicted octanol–water partition coefficient (Wildman–Crippen LogP) is 3.52. The molecule has 1 aliphatic rings. The van der Waals surface area contributed by atoms with Crippen molar-refractivity contribution in [3.8, 4) is 0 Å². The molecule has 1 heterocycles. The Labute approximate surface area is 172 Å². The number of halogens is 5. The average Bonchev–Trinajstić information content (AvgIpc) is 2.66. The van der Waals surface area contributed by atoms with Crippen molar-refractivity contribution >= 4 is 11.8 Å². The van der Waals surface area contributed by atoms with Gasteiger partial charge in [0.05, 0.1) is 6.54 Å². The summed E-state index contributed by atoms with van der Waals surface area (Å²) in [7, 11) is 0. The van der Waals surface area contributed by atoms with Crippen LogP contribution in [0.4, 0.5) is 22.0 Å². The highest BCUT2D eigenvalue weighted by Crippen LogP contribution is 2.29. The van der Waals surface area contributed by atoms with Crippen LogP contribution in [0.1, 0.15) is 49.0 Å². The van der Waals surface area contributed by atoms with Gasteiger partial charge in [0.25, 0.3) is 12.3 Å². The number of rotatable bonds is 7. The van der Waals surface area contributed by atoms with Gasteiger partial charge in [-0.1, -0.05) is 12.1 Å². The molecule has 0 radical (unpaired) electrons. The van der Waals surface area contributed by atoms with Crippen LogP contribution in [0.15, 0.2) is 24.3 Å². The third kappa shape index (κ3) is 6.65. The third-order valence-corrected chi connectivity index (χ3v) is 5.19. The van der Waals surface area contributed by atoms with Crippen LogP contribution in [0.5, 0.6) is 0 Å². The molecule has 0 atom stereocenters. The standard InChI is InChI=1S/C20H26F5N3O2/c1-19(2,20(23,24)25)27-16(29)12-28-8-6-13(7-9-28)11-26-18(30)15-5-3-4-14(10-15)17(21)22/h3-5,10,13,17H,6-9,11-12H2,1-2H3,(H,26,30)(H,27,29). The van der Waals surface area contributed by atoms with Gasteiger partial charge in [-0.15, -0.1) is 0 Å². The molecular formula is C20H26F5N3O2. The molecule has 1 aromatic carbocycles. The second-order valence-electron chi connectivity index (χ2n) is 8.03. The Bertz CT molecular complexity index is 744. The van der Waals surface area contributed by atoms with E-state index in [1.165, 1.54) is 18.2 Å². The number of piperidine rings is 1. The fourth-order valence-electron chi connectivity index (χ4n) is 3.17. The average molecular weight is 435 g/mol. The Morgan fingerprint density at radius 2 is 1.80 bits per heavy atom. The second kappa shape index (κ2) is 9.72. The summed E-state index contributed by atoms with van der Waals surface area (Å²) < 4.78 is 64.1.